The third kappa shape index (κ3) is 66.6. The number of rotatable bonds is 62. The molecule has 0 rings (SSSR count). The Bertz CT molecular complexity index is 1690. The lowest BCUT2D eigenvalue weighted by Crippen LogP contribution is -2.30. The van der Waals surface area contributed by atoms with Gasteiger partial charge in [-0.1, -0.05) is 309 Å². The number of esters is 3. The molecule has 0 saturated carbocycles. The van der Waals surface area contributed by atoms with E-state index in [9.17, 15) is 14.4 Å². The number of hydrogen-bond donors (Lipinski definition) is 0. The molecule has 0 aliphatic heterocycles. The highest BCUT2D eigenvalue weighted by Crippen LogP contribution is 2.16. The van der Waals surface area contributed by atoms with Gasteiger partial charge in [0, 0.05) is 19.3 Å². The van der Waals surface area contributed by atoms with Crippen molar-refractivity contribution in [1.29, 1.82) is 0 Å². The lowest BCUT2D eigenvalue weighted by Gasteiger charge is -2.18. The Morgan fingerprint density at radius 2 is 0.476 bits per heavy atom. The van der Waals surface area contributed by atoms with Crippen LogP contribution in [-0.2, 0) is 28.6 Å². The molecule has 1 unspecified atom stereocenters. The average molecular weight is 1140 g/mol. The lowest BCUT2D eigenvalue weighted by atomic mass is 10.0. The molecule has 0 heterocycles. The number of ether oxygens (including phenoxy) is 3. The van der Waals surface area contributed by atoms with Gasteiger partial charge in [0.15, 0.2) is 6.10 Å². The fourth-order valence-electron chi connectivity index (χ4n) is 9.55. The van der Waals surface area contributed by atoms with Gasteiger partial charge in [-0.3, -0.25) is 14.4 Å². The van der Waals surface area contributed by atoms with E-state index < -0.39 is 6.10 Å². The molecule has 0 spiro atoms. The first kappa shape index (κ1) is 77.8. The Labute approximate surface area is 507 Å². The molecule has 0 saturated heterocycles. The van der Waals surface area contributed by atoms with Crippen LogP contribution in [0.2, 0.25) is 0 Å². The van der Waals surface area contributed by atoms with Crippen molar-refractivity contribution >= 4 is 17.9 Å². The zero-order valence-electron chi connectivity index (χ0n) is 53.7. The number of hydrogen-bond acceptors (Lipinski definition) is 6. The van der Waals surface area contributed by atoms with E-state index in [1.165, 1.54) is 154 Å². The number of unbranched alkanes of at least 4 members (excludes halogenated alkanes) is 31. The van der Waals surface area contributed by atoms with E-state index in [0.717, 1.165) is 128 Å². The van der Waals surface area contributed by atoms with Crippen molar-refractivity contribution in [2.75, 3.05) is 13.2 Å². The normalized spacial score (nSPS) is 12.9. The SMILES string of the molecule is CC/C=C\C/C=C\C/C=C\C/C=C\C/C=C\C/C=C\C/C=C\CCCCCCCCCCCCCC(=O)OCC(COC(=O)CCCCCCCCCCCC)OC(=O)CCCCCCCC/C=C\C/C=C\C/C=C\CCCCCCC. The molecule has 0 radical (unpaired) electrons. The highest BCUT2D eigenvalue weighted by Gasteiger charge is 2.19. The van der Waals surface area contributed by atoms with Gasteiger partial charge in [0.25, 0.3) is 0 Å². The van der Waals surface area contributed by atoms with E-state index in [0.29, 0.717) is 19.3 Å². The van der Waals surface area contributed by atoms with Gasteiger partial charge in [-0.25, -0.2) is 0 Å². The molecule has 82 heavy (non-hydrogen) atoms. The summed E-state index contributed by atoms with van der Waals surface area (Å²) in [7, 11) is 0. The minimum absolute atomic E-state index is 0.0827. The summed E-state index contributed by atoms with van der Waals surface area (Å²) in [6, 6.07) is 0. The summed E-state index contributed by atoms with van der Waals surface area (Å²) in [6.07, 6.45) is 96.5. The highest BCUT2D eigenvalue weighted by molar-refractivity contribution is 5.71. The molecule has 0 aliphatic carbocycles. The van der Waals surface area contributed by atoms with E-state index in [4.69, 9.17) is 14.2 Å². The summed E-state index contributed by atoms with van der Waals surface area (Å²) in [4.78, 5) is 38.3. The maximum Gasteiger partial charge on any atom is 0.306 e. The summed E-state index contributed by atoms with van der Waals surface area (Å²) in [5.41, 5.74) is 0. The Morgan fingerprint density at radius 3 is 0.744 bits per heavy atom. The Morgan fingerprint density at radius 1 is 0.256 bits per heavy atom. The van der Waals surface area contributed by atoms with Crippen LogP contribution >= 0.6 is 0 Å². The Hall–Kier alpha value is -4.19. The minimum Gasteiger partial charge on any atom is -0.462 e. The topological polar surface area (TPSA) is 78.9 Å². The first-order valence-corrected chi connectivity index (χ1v) is 34.5. The van der Waals surface area contributed by atoms with Crippen LogP contribution in [0.25, 0.3) is 0 Å². The molecule has 0 aromatic heterocycles. The molecule has 0 aromatic carbocycles. The number of carbonyl (C=O) groups is 3. The largest absolute Gasteiger partial charge is 0.462 e. The zero-order valence-corrected chi connectivity index (χ0v) is 53.7. The predicted octanol–water partition coefficient (Wildman–Crippen LogP) is 23.9. The van der Waals surface area contributed by atoms with Crippen LogP contribution < -0.4 is 0 Å². The Kier molecular flexibility index (Phi) is 65.8. The Balaban J connectivity index is 4.22. The molecule has 0 bridgehead atoms. The van der Waals surface area contributed by atoms with E-state index in [1.54, 1.807) is 0 Å². The predicted molar refractivity (Wildman–Crippen MR) is 357 cm³/mol. The molecule has 0 amide bonds. The van der Waals surface area contributed by atoms with Crippen molar-refractivity contribution in [3.05, 3.63) is 122 Å². The number of allylic oxidation sites excluding steroid dienone is 20. The molecular weight excluding hydrogens is 1010 g/mol. The van der Waals surface area contributed by atoms with Gasteiger partial charge in [-0.05, 0) is 116 Å². The zero-order chi connectivity index (χ0) is 59.2. The van der Waals surface area contributed by atoms with E-state index in [1.807, 2.05) is 0 Å². The lowest BCUT2D eigenvalue weighted by molar-refractivity contribution is -0.167. The summed E-state index contributed by atoms with van der Waals surface area (Å²) in [5.74, 6) is -0.891. The van der Waals surface area contributed by atoms with Crippen molar-refractivity contribution < 1.29 is 28.6 Å². The monoisotopic (exact) mass is 1140 g/mol. The second-order valence-corrected chi connectivity index (χ2v) is 22.7. The molecule has 6 heteroatoms. The van der Waals surface area contributed by atoms with Gasteiger partial charge >= 0.3 is 17.9 Å². The maximum absolute atomic E-state index is 12.9. The van der Waals surface area contributed by atoms with Crippen molar-refractivity contribution in [3.63, 3.8) is 0 Å². The van der Waals surface area contributed by atoms with Gasteiger partial charge in [0.2, 0.25) is 0 Å². The molecule has 0 N–H and O–H groups in total. The fraction of sp³-hybridized carbons (Fsp3) is 0.697. The summed E-state index contributed by atoms with van der Waals surface area (Å²) >= 11 is 0. The van der Waals surface area contributed by atoms with Crippen LogP contribution in [0.3, 0.4) is 0 Å². The van der Waals surface area contributed by atoms with Crippen LogP contribution in [0.4, 0.5) is 0 Å². The van der Waals surface area contributed by atoms with Crippen LogP contribution in [0.15, 0.2) is 122 Å². The summed E-state index contributed by atoms with van der Waals surface area (Å²) < 4.78 is 16.9. The van der Waals surface area contributed by atoms with Gasteiger partial charge in [0.1, 0.15) is 13.2 Å². The van der Waals surface area contributed by atoms with Gasteiger partial charge in [-0.15, -0.1) is 0 Å². The second-order valence-electron chi connectivity index (χ2n) is 22.7. The van der Waals surface area contributed by atoms with Gasteiger partial charge in [-0.2, -0.15) is 0 Å². The third-order valence-electron chi connectivity index (χ3n) is 14.7. The second kappa shape index (κ2) is 69.3. The maximum atomic E-state index is 12.9. The van der Waals surface area contributed by atoms with E-state index in [-0.39, 0.29) is 31.1 Å². The smallest absolute Gasteiger partial charge is 0.306 e. The standard InChI is InChI=1S/C76H128O6/c1-4-7-10-13-16-19-22-24-26-28-30-32-33-34-35-36-37-38-39-40-41-42-43-45-46-48-50-52-54-57-60-63-66-69-75(78)81-72-73(71-80-74(77)68-65-62-59-56-21-18-15-12-9-6-3)82-76(79)70-67-64-61-58-55-53-51-49-47-44-31-29-27-25-23-20-17-14-11-8-5-2/h7,10,16,19,23-26,29-32,34-35,37-38,40-41,47,49,73H,4-6,8-9,11-15,17-18,20-22,27-28,33,36,39,42-46,48,50-72H2,1-3H3/b10-7-,19-16-,25-23-,26-24-,31-29-,32-30-,35-34-,38-37-,41-40-,49-47-. The summed E-state index contributed by atoms with van der Waals surface area (Å²) in [6.45, 7) is 6.51. The van der Waals surface area contributed by atoms with Crippen LogP contribution in [-0.4, -0.2) is 37.2 Å². The summed E-state index contributed by atoms with van der Waals surface area (Å²) in [5, 5.41) is 0. The van der Waals surface area contributed by atoms with Gasteiger partial charge < -0.3 is 14.2 Å². The van der Waals surface area contributed by atoms with Crippen molar-refractivity contribution in [3.8, 4) is 0 Å². The van der Waals surface area contributed by atoms with Crippen molar-refractivity contribution in [2.24, 2.45) is 0 Å². The van der Waals surface area contributed by atoms with E-state index >= 15 is 0 Å². The van der Waals surface area contributed by atoms with Crippen LogP contribution in [0.5, 0.6) is 0 Å². The molecule has 0 aliphatic rings. The van der Waals surface area contributed by atoms with Crippen molar-refractivity contribution in [1.82, 2.24) is 0 Å². The molecule has 0 fully saturated rings. The molecule has 468 valence electrons. The van der Waals surface area contributed by atoms with Crippen LogP contribution in [0.1, 0.15) is 323 Å². The number of carbonyl (C=O) groups excluding carboxylic acids is 3. The third-order valence-corrected chi connectivity index (χ3v) is 14.7. The first-order chi connectivity index (χ1) is 40.5. The first-order valence-electron chi connectivity index (χ1n) is 34.5. The highest BCUT2D eigenvalue weighted by atomic mass is 16.6. The van der Waals surface area contributed by atoms with Crippen molar-refractivity contribution in [2.45, 2.75) is 329 Å². The van der Waals surface area contributed by atoms with E-state index in [2.05, 4.69) is 142 Å². The molecule has 0 aromatic rings. The van der Waals surface area contributed by atoms with Crippen LogP contribution in [0, 0.1) is 0 Å². The van der Waals surface area contributed by atoms with Gasteiger partial charge in [0.05, 0.1) is 0 Å². The fourth-order valence-corrected chi connectivity index (χ4v) is 9.55. The molecular formula is C76H128O6. The minimum atomic E-state index is -0.787. The molecule has 6 nitrogen and oxygen atoms in total. The quantitative estimate of drug-likeness (QED) is 0.0261. The molecule has 1 atom stereocenters. The average Bonchev–Trinajstić information content (AvgIpc) is 3.48.